The van der Waals surface area contributed by atoms with Crippen LogP contribution in [0.15, 0.2) is 24.3 Å². The van der Waals surface area contributed by atoms with Crippen molar-refractivity contribution < 1.29 is 9.53 Å². The van der Waals surface area contributed by atoms with E-state index in [1.54, 1.807) is 0 Å². The van der Waals surface area contributed by atoms with Crippen LogP contribution in [0, 0.1) is 0 Å². The number of aromatic amines is 1. The van der Waals surface area contributed by atoms with Crippen LogP contribution in [0.1, 0.15) is 31.6 Å². The van der Waals surface area contributed by atoms with Gasteiger partial charge in [0.2, 0.25) is 0 Å². The van der Waals surface area contributed by atoms with Gasteiger partial charge in [0.05, 0.1) is 7.11 Å². The number of hydrogen-bond acceptors (Lipinski definition) is 3. The van der Waals surface area contributed by atoms with Crippen molar-refractivity contribution in [3.8, 4) is 0 Å². The molecule has 0 bridgehead atoms. The molecule has 1 aromatic carbocycles. The Kier molecular flexibility index (Phi) is 3.62. The first-order valence-corrected chi connectivity index (χ1v) is 6.14. The summed E-state index contributed by atoms with van der Waals surface area (Å²) in [5.41, 5.74) is 3.53. The number of hydrogen-bond donors (Lipinski definition) is 2. The lowest BCUT2D eigenvalue weighted by Gasteiger charge is -2.27. The maximum absolute atomic E-state index is 11.7. The monoisotopic (exact) mass is 260 g/mol. The molecule has 2 atom stereocenters. The fourth-order valence-corrected chi connectivity index (χ4v) is 2.75. The average molecular weight is 260 g/mol. The lowest BCUT2D eigenvalue weighted by atomic mass is 9.95. The van der Waals surface area contributed by atoms with Gasteiger partial charge in [-0.05, 0) is 18.6 Å². The Hall–Kier alpha value is -1.81. The van der Waals surface area contributed by atoms with E-state index in [0.717, 1.165) is 5.52 Å². The Bertz CT molecular complexity index is 603. The molecule has 4 heteroatoms. The lowest BCUT2D eigenvalue weighted by molar-refractivity contribution is -0.143. The molecule has 19 heavy (non-hydrogen) atoms. The van der Waals surface area contributed by atoms with Crippen LogP contribution in [0.2, 0.25) is 0 Å². The number of methoxy groups -OCH3 is 1. The van der Waals surface area contributed by atoms with Crippen molar-refractivity contribution in [1.82, 2.24) is 10.3 Å². The Morgan fingerprint density at radius 3 is 2.84 bits per heavy atom. The number of para-hydroxylation sites is 1. The number of carbonyl (C=O) groups is 1. The second-order valence-corrected chi connectivity index (χ2v) is 4.73. The molecule has 0 saturated carbocycles. The highest BCUT2D eigenvalue weighted by Crippen LogP contribution is 2.31. The van der Waals surface area contributed by atoms with Gasteiger partial charge in [-0.15, -0.1) is 0 Å². The standard InChI is InChI=1S/C14H16N2O2.CH4/c1-8-13-10(7-12(15-8)14(17)18-2)9-5-3-4-6-11(9)16-13;/h3-6,8,12,15-16H,7H2,1-2H3;1H4/t8-,12-;/m0./s1. The van der Waals surface area contributed by atoms with E-state index in [9.17, 15) is 4.79 Å². The zero-order chi connectivity index (χ0) is 12.7. The number of benzene rings is 1. The van der Waals surface area contributed by atoms with Gasteiger partial charge < -0.3 is 9.72 Å². The van der Waals surface area contributed by atoms with Crippen molar-refractivity contribution >= 4 is 16.9 Å². The summed E-state index contributed by atoms with van der Waals surface area (Å²) < 4.78 is 4.83. The molecule has 1 aromatic heterocycles. The first-order valence-electron chi connectivity index (χ1n) is 6.14. The third-order valence-electron chi connectivity index (χ3n) is 3.62. The van der Waals surface area contributed by atoms with E-state index in [4.69, 9.17) is 4.74 Å². The summed E-state index contributed by atoms with van der Waals surface area (Å²) >= 11 is 0. The zero-order valence-electron chi connectivity index (χ0n) is 10.5. The van der Waals surface area contributed by atoms with E-state index in [2.05, 4.69) is 29.4 Å². The van der Waals surface area contributed by atoms with E-state index in [-0.39, 0.29) is 25.5 Å². The highest BCUT2D eigenvalue weighted by molar-refractivity contribution is 5.87. The summed E-state index contributed by atoms with van der Waals surface area (Å²) in [6.45, 7) is 2.06. The van der Waals surface area contributed by atoms with Gasteiger partial charge in [-0.3, -0.25) is 10.1 Å². The number of carbonyl (C=O) groups excluding carboxylic acids is 1. The predicted octanol–water partition coefficient (Wildman–Crippen LogP) is 2.55. The van der Waals surface area contributed by atoms with Crippen molar-refractivity contribution in [3.63, 3.8) is 0 Å². The van der Waals surface area contributed by atoms with Gasteiger partial charge in [-0.2, -0.15) is 0 Å². The SMILES string of the molecule is C.COC(=O)[C@@H]1Cc2c([nH]c3ccccc23)[C@H](C)N1. The first-order chi connectivity index (χ1) is 8.70. The maximum atomic E-state index is 11.7. The van der Waals surface area contributed by atoms with Gasteiger partial charge in [0, 0.05) is 29.1 Å². The summed E-state index contributed by atoms with van der Waals surface area (Å²) in [5, 5.41) is 4.48. The molecule has 0 unspecified atom stereocenters. The van der Waals surface area contributed by atoms with E-state index >= 15 is 0 Å². The van der Waals surface area contributed by atoms with Crippen LogP contribution < -0.4 is 5.32 Å². The molecule has 1 aliphatic rings. The largest absolute Gasteiger partial charge is 0.468 e. The second-order valence-electron chi connectivity index (χ2n) is 4.73. The van der Waals surface area contributed by atoms with E-state index in [0.29, 0.717) is 6.42 Å². The Balaban J connectivity index is 0.00000133. The number of ether oxygens (including phenoxy) is 1. The van der Waals surface area contributed by atoms with Crippen molar-refractivity contribution in [2.75, 3.05) is 7.11 Å². The highest BCUT2D eigenvalue weighted by atomic mass is 16.5. The Morgan fingerprint density at radius 1 is 1.37 bits per heavy atom. The lowest BCUT2D eigenvalue weighted by Crippen LogP contribution is -2.44. The van der Waals surface area contributed by atoms with Gasteiger partial charge >= 0.3 is 5.97 Å². The number of rotatable bonds is 1. The summed E-state index contributed by atoms with van der Waals surface area (Å²) in [5.74, 6) is -0.196. The fourth-order valence-electron chi connectivity index (χ4n) is 2.75. The van der Waals surface area contributed by atoms with Crippen LogP contribution in [0.4, 0.5) is 0 Å². The number of nitrogens with one attached hydrogen (secondary N) is 2. The number of H-pyrrole nitrogens is 1. The van der Waals surface area contributed by atoms with Crippen LogP contribution in [-0.4, -0.2) is 24.1 Å². The van der Waals surface area contributed by atoms with Crippen molar-refractivity contribution in [1.29, 1.82) is 0 Å². The summed E-state index contributed by atoms with van der Waals surface area (Å²) in [6.07, 6.45) is 0.677. The molecular formula is C15H20N2O2. The normalized spacial score (nSPS) is 21.6. The van der Waals surface area contributed by atoms with Crippen molar-refractivity contribution in [3.05, 3.63) is 35.5 Å². The van der Waals surface area contributed by atoms with Gasteiger partial charge in [-0.1, -0.05) is 25.6 Å². The highest BCUT2D eigenvalue weighted by Gasteiger charge is 2.31. The second kappa shape index (κ2) is 5.05. The van der Waals surface area contributed by atoms with E-state index in [1.165, 1.54) is 23.8 Å². The van der Waals surface area contributed by atoms with Gasteiger partial charge in [0.15, 0.2) is 0 Å². The van der Waals surface area contributed by atoms with Crippen LogP contribution in [0.5, 0.6) is 0 Å². The molecule has 2 heterocycles. The van der Waals surface area contributed by atoms with Crippen molar-refractivity contribution in [2.24, 2.45) is 0 Å². The summed E-state index contributed by atoms with van der Waals surface area (Å²) in [7, 11) is 1.43. The van der Waals surface area contributed by atoms with Crippen molar-refractivity contribution in [2.45, 2.75) is 32.9 Å². The Labute approximate surface area is 113 Å². The van der Waals surface area contributed by atoms with E-state index < -0.39 is 0 Å². The topological polar surface area (TPSA) is 54.1 Å². The molecule has 0 amide bonds. The summed E-state index contributed by atoms with van der Waals surface area (Å²) in [6, 6.07) is 8.07. The molecule has 0 saturated heterocycles. The quantitative estimate of drug-likeness (QED) is 0.775. The first kappa shape index (κ1) is 13.6. The molecular weight excluding hydrogens is 240 g/mol. The molecule has 0 spiro atoms. The molecule has 0 fully saturated rings. The van der Waals surface area contributed by atoms with E-state index in [1.807, 2.05) is 12.1 Å². The molecule has 3 rings (SSSR count). The fraction of sp³-hybridized carbons (Fsp3) is 0.400. The van der Waals surface area contributed by atoms with Crippen LogP contribution >= 0.6 is 0 Å². The number of esters is 1. The molecule has 102 valence electrons. The minimum absolute atomic E-state index is 0. The number of aromatic nitrogens is 1. The smallest absolute Gasteiger partial charge is 0.323 e. The minimum Gasteiger partial charge on any atom is -0.468 e. The molecule has 4 nitrogen and oxygen atoms in total. The third kappa shape index (κ3) is 2.12. The van der Waals surface area contributed by atoms with Gasteiger partial charge in [-0.25, -0.2) is 0 Å². The van der Waals surface area contributed by atoms with Crippen LogP contribution in [0.25, 0.3) is 10.9 Å². The molecule has 1 aliphatic heterocycles. The van der Waals surface area contributed by atoms with Gasteiger partial charge in [0.25, 0.3) is 0 Å². The average Bonchev–Trinajstić information content (AvgIpc) is 2.77. The van der Waals surface area contributed by atoms with Gasteiger partial charge in [0.1, 0.15) is 6.04 Å². The van der Waals surface area contributed by atoms with Crippen LogP contribution in [-0.2, 0) is 16.0 Å². The molecule has 0 aliphatic carbocycles. The predicted molar refractivity (Wildman–Crippen MR) is 76.1 cm³/mol. The molecule has 2 aromatic rings. The Morgan fingerprint density at radius 2 is 2.11 bits per heavy atom. The zero-order valence-corrected chi connectivity index (χ0v) is 10.5. The number of fused-ring (bicyclic) bond motifs is 3. The summed E-state index contributed by atoms with van der Waals surface area (Å²) in [4.78, 5) is 15.1. The maximum Gasteiger partial charge on any atom is 0.323 e. The van der Waals surface area contributed by atoms with Crippen LogP contribution in [0.3, 0.4) is 0 Å². The minimum atomic E-state index is -0.253. The third-order valence-corrected chi connectivity index (χ3v) is 3.62. The molecule has 0 radical (unpaired) electrons. The molecule has 2 N–H and O–H groups in total.